The van der Waals surface area contributed by atoms with E-state index in [1.807, 2.05) is 55.4 Å². The largest absolute Gasteiger partial charge is 0.378 e. The Balaban J connectivity index is 1.96. The number of halogens is 1. The molecule has 1 aromatic heterocycles. The first-order valence-electron chi connectivity index (χ1n) is 5.86. The van der Waals surface area contributed by atoms with Gasteiger partial charge in [0, 0.05) is 30.2 Å². The van der Waals surface area contributed by atoms with Crippen LogP contribution >= 0.6 is 27.3 Å². The van der Waals surface area contributed by atoms with Crippen LogP contribution in [0.4, 0.5) is 5.69 Å². The average Bonchev–Trinajstić information content (AvgIpc) is 2.82. The number of carbonyl (C=O) groups excluding carboxylic acids is 1. The van der Waals surface area contributed by atoms with Crippen molar-refractivity contribution in [1.29, 1.82) is 0 Å². The highest BCUT2D eigenvalue weighted by Crippen LogP contribution is 2.21. The summed E-state index contributed by atoms with van der Waals surface area (Å²) in [4.78, 5) is 15.1. The lowest BCUT2D eigenvalue weighted by atomic mass is 10.2. The Labute approximate surface area is 125 Å². The monoisotopic (exact) mass is 338 g/mol. The molecule has 0 atom stereocenters. The van der Waals surface area contributed by atoms with Crippen molar-refractivity contribution in [2.75, 3.05) is 19.0 Å². The molecular weight excluding hydrogens is 324 g/mol. The predicted octanol–water partition coefficient (Wildman–Crippen LogP) is 3.51. The van der Waals surface area contributed by atoms with E-state index in [1.165, 1.54) is 0 Å². The highest BCUT2D eigenvalue weighted by atomic mass is 79.9. The van der Waals surface area contributed by atoms with Crippen molar-refractivity contribution in [3.63, 3.8) is 0 Å². The fourth-order valence-electron chi connectivity index (χ4n) is 1.63. The van der Waals surface area contributed by atoms with Gasteiger partial charge in [0.15, 0.2) is 0 Å². The van der Waals surface area contributed by atoms with Gasteiger partial charge in [0.25, 0.3) is 5.91 Å². The number of thiophene rings is 1. The maximum Gasteiger partial charge on any atom is 0.251 e. The molecule has 3 nitrogen and oxygen atoms in total. The highest BCUT2D eigenvalue weighted by molar-refractivity contribution is 9.11. The van der Waals surface area contributed by atoms with Gasteiger partial charge in [-0.15, -0.1) is 11.3 Å². The minimum Gasteiger partial charge on any atom is -0.378 e. The summed E-state index contributed by atoms with van der Waals surface area (Å²) in [6.45, 7) is 0.560. The average molecular weight is 339 g/mol. The number of amides is 1. The van der Waals surface area contributed by atoms with Gasteiger partial charge in [0.2, 0.25) is 0 Å². The molecule has 0 aliphatic heterocycles. The Kier molecular flexibility index (Phi) is 4.61. The second-order valence-corrected chi connectivity index (χ2v) is 6.88. The molecule has 100 valence electrons. The Morgan fingerprint density at radius 2 is 1.89 bits per heavy atom. The van der Waals surface area contributed by atoms with Crippen molar-refractivity contribution in [1.82, 2.24) is 5.32 Å². The van der Waals surface area contributed by atoms with Gasteiger partial charge in [-0.1, -0.05) is 0 Å². The zero-order valence-corrected chi connectivity index (χ0v) is 13.2. The molecule has 0 spiro atoms. The Hall–Kier alpha value is -1.33. The molecule has 0 bridgehead atoms. The lowest BCUT2D eigenvalue weighted by Gasteiger charge is -2.12. The summed E-state index contributed by atoms with van der Waals surface area (Å²) in [7, 11) is 3.95. The van der Waals surface area contributed by atoms with Gasteiger partial charge in [0.05, 0.1) is 10.3 Å². The van der Waals surface area contributed by atoms with Crippen LogP contribution in [0.5, 0.6) is 0 Å². The van der Waals surface area contributed by atoms with E-state index in [-0.39, 0.29) is 5.91 Å². The Bertz CT molecular complexity index is 563. The molecule has 1 heterocycles. The van der Waals surface area contributed by atoms with Crippen molar-refractivity contribution in [3.8, 4) is 0 Å². The summed E-state index contributed by atoms with van der Waals surface area (Å²) < 4.78 is 1.08. The van der Waals surface area contributed by atoms with Crippen LogP contribution in [0.3, 0.4) is 0 Å². The van der Waals surface area contributed by atoms with Crippen LogP contribution in [0, 0.1) is 0 Å². The van der Waals surface area contributed by atoms with Gasteiger partial charge in [-0.05, 0) is 52.3 Å². The van der Waals surface area contributed by atoms with E-state index >= 15 is 0 Å². The standard InChI is InChI=1S/C14H15BrN2OS/c1-17(2)11-5-3-10(4-6-11)14(18)16-9-12-7-8-13(15)19-12/h3-8H,9H2,1-2H3,(H,16,18). The van der Waals surface area contributed by atoms with E-state index in [9.17, 15) is 4.79 Å². The number of carbonyl (C=O) groups is 1. The van der Waals surface area contributed by atoms with Gasteiger partial charge < -0.3 is 10.2 Å². The number of benzene rings is 1. The van der Waals surface area contributed by atoms with Crippen LogP contribution in [0.2, 0.25) is 0 Å². The highest BCUT2D eigenvalue weighted by Gasteiger charge is 2.06. The molecule has 0 saturated carbocycles. The quantitative estimate of drug-likeness (QED) is 0.925. The molecule has 5 heteroatoms. The minimum absolute atomic E-state index is 0.0465. The number of nitrogens with one attached hydrogen (secondary N) is 1. The van der Waals surface area contributed by atoms with Crippen LogP contribution in [0.25, 0.3) is 0 Å². The van der Waals surface area contributed by atoms with Gasteiger partial charge in [0.1, 0.15) is 0 Å². The van der Waals surface area contributed by atoms with Gasteiger partial charge in [-0.3, -0.25) is 4.79 Å². The molecule has 2 rings (SSSR count). The summed E-state index contributed by atoms with van der Waals surface area (Å²) >= 11 is 5.03. The molecule has 2 aromatic rings. The van der Waals surface area contributed by atoms with Crippen LogP contribution in [0.1, 0.15) is 15.2 Å². The number of hydrogen-bond donors (Lipinski definition) is 1. The molecule has 0 aliphatic rings. The molecule has 0 fully saturated rings. The predicted molar refractivity (Wildman–Crippen MR) is 84.0 cm³/mol. The zero-order valence-electron chi connectivity index (χ0n) is 10.8. The molecule has 0 unspecified atom stereocenters. The third-order valence-electron chi connectivity index (χ3n) is 2.70. The first-order valence-corrected chi connectivity index (χ1v) is 7.47. The number of hydrogen-bond acceptors (Lipinski definition) is 3. The lowest BCUT2D eigenvalue weighted by molar-refractivity contribution is 0.0951. The van der Waals surface area contributed by atoms with E-state index in [1.54, 1.807) is 11.3 Å². The molecule has 19 heavy (non-hydrogen) atoms. The smallest absolute Gasteiger partial charge is 0.251 e. The first-order chi connectivity index (χ1) is 9.06. The summed E-state index contributed by atoms with van der Waals surface area (Å²) in [5, 5.41) is 2.91. The molecule has 0 radical (unpaired) electrons. The van der Waals surface area contributed by atoms with Crippen molar-refractivity contribution in [2.24, 2.45) is 0 Å². The van der Waals surface area contributed by atoms with E-state index in [0.717, 1.165) is 14.4 Å². The lowest BCUT2D eigenvalue weighted by Crippen LogP contribution is -2.22. The summed E-state index contributed by atoms with van der Waals surface area (Å²) in [5.74, 6) is -0.0465. The maximum absolute atomic E-state index is 12.0. The molecular formula is C14H15BrN2OS. The molecule has 1 aromatic carbocycles. The van der Waals surface area contributed by atoms with Gasteiger partial charge in [-0.25, -0.2) is 0 Å². The number of rotatable bonds is 4. The number of anilines is 1. The van der Waals surface area contributed by atoms with Crippen LogP contribution in [-0.2, 0) is 6.54 Å². The number of nitrogens with zero attached hydrogens (tertiary/aromatic N) is 1. The van der Waals surface area contributed by atoms with E-state index in [0.29, 0.717) is 12.1 Å². The van der Waals surface area contributed by atoms with Gasteiger partial charge in [-0.2, -0.15) is 0 Å². The van der Waals surface area contributed by atoms with E-state index in [2.05, 4.69) is 21.2 Å². The third kappa shape index (κ3) is 3.81. The van der Waals surface area contributed by atoms with Crippen LogP contribution < -0.4 is 10.2 Å². The maximum atomic E-state index is 12.0. The first kappa shape index (κ1) is 14.1. The molecule has 0 saturated heterocycles. The summed E-state index contributed by atoms with van der Waals surface area (Å²) in [6, 6.07) is 11.6. The Morgan fingerprint density at radius 3 is 2.42 bits per heavy atom. The Morgan fingerprint density at radius 1 is 1.21 bits per heavy atom. The van der Waals surface area contributed by atoms with Crippen molar-refractivity contribution in [2.45, 2.75) is 6.54 Å². The van der Waals surface area contributed by atoms with E-state index < -0.39 is 0 Å². The van der Waals surface area contributed by atoms with Crippen molar-refractivity contribution < 1.29 is 4.79 Å². The summed E-state index contributed by atoms with van der Waals surface area (Å²) in [5.41, 5.74) is 1.76. The van der Waals surface area contributed by atoms with Crippen LogP contribution in [-0.4, -0.2) is 20.0 Å². The minimum atomic E-state index is -0.0465. The van der Waals surface area contributed by atoms with Crippen molar-refractivity contribution >= 4 is 38.9 Å². The molecule has 1 N–H and O–H groups in total. The van der Waals surface area contributed by atoms with E-state index in [4.69, 9.17) is 0 Å². The SMILES string of the molecule is CN(C)c1ccc(C(=O)NCc2ccc(Br)s2)cc1. The van der Waals surface area contributed by atoms with Crippen LogP contribution in [0.15, 0.2) is 40.2 Å². The normalized spacial score (nSPS) is 10.3. The second kappa shape index (κ2) is 6.21. The topological polar surface area (TPSA) is 32.3 Å². The second-order valence-electron chi connectivity index (χ2n) is 4.33. The fraction of sp³-hybridized carbons (Fsp3) is 0.214. The molecule has 1 amide bonds. The molecule has 0 aliphatic carbocycles. The fourth-order valence-corrected chi connectivity index (χ4v) is 3.05. The third-order valence-corrected chi connectivity index (χ3v) is 4.32. The zero-order chi connectivity index (χ0) is 13.8. The van der Waals surface area contributed by atoms with Gasteiger partial charge >= 0.3 is 0 Å². The summed E-state index contributed by atoms with van der Waals surface area (Å²) in [6.07, 6.45) is 0. The van der Waals surface area contributed by atoms with Crippen molar-refractivity contribution in [3.05, 3.63) is 50.6 Å².